The lowest BCUT2D eigenvalue weighted by Gasteiger charge is -2.17. The molecule has 0 heterocycles. The van der Waals surface area contributed by atoms with Crippen molar-refractivity contribution in [2.24, 2.45) is 0 Å². The summed E-state index contributed by atoms with van der Waals surface area (Å²) in [6.45, 7) is 1.80. The molecule has 0 radical (unpaired) electrons. The molecule has 16 heavy (non-hydrogen) atoms. The molecule has 0 saturated carbocycles. The number of nitrogens with one attached hydrogen (secondary N) is 1. The van der Waals surface area contributed by atoms with E-state index in [0.717, 1.165) is 5.69 Å². The van der Waals surface area contributed by atoms with E-state index in [-0.39, 0.29) is 5.91 Å². The predicted octanol–water partition coefficient (Wildman–Crippen LogP) is 2.92. The van der Waals surface area contributed by atoms with Gasteiger partial charge in [-0.2, -0.15) is 0 Å². The number of hydrogen-bond donors (Lipinski definition) is 1. The van der Waals surface area contributed by atoms with Crippen molar-refractivity contribution in [1.82, 2.24) is 0 Å². The Kier molecular flexibility index (Phi) is 4.38. The monoisotopic (exact) mass is 238 g/mol. The Balaban J connectivity index is 3.01. The van der Waals surface area contributed by atoms with E-state index < -0.39 is 0 Å². The van der Waals surface area contributed by atoms with Crippen LogP contribution in [0.3, 0.4) is 0 Å². The maximum absolute atomic E-state index is 11.4. The normalized spacial score (nSPS) is 10.5. The van der Waals surface area contributed by atoms with Crippen molar-refractivity contribution in [2.75, 3.05) is 24.3 Å². The Morgan fingerprint density at radius 1 is 1.44 bits per heavy atom. The van der Waals surface area contributed by atoms with Crippen molar-refractivity contribution in [3.05, 3.63) is 35.4 Å². The van der Waals surface area contributed by atoms with Gasteiger partial charge in [0.2, 0.25) is 5.91 Å². The summed E-state index contributed by atoms with van der Waals surface area (Å²) in [6.07, 6.45) is 3.16. The molecule has 0 atom stereocenters. The molecule has 1 aromatic carbocycles. The maximum atomic E-state index is 11.4. The third kappa shape index (κ3) is 3.28. The van der Waals surface area contributed by atoms with Gasteiger partial charge in [-0.05, 0) is 31.2 Å². The van der Waals surface area contributed by atoms with Crippen LogP contribution in [0.15, 0.2) is 30.4 Å². The summed E-state index contributed by atoms with van der Waals surface area (Å²) in [5.74, 6) is -0.159. The van der Waals surface area contributed by atoms with Gasteiger partial charge in [0.15, 0.2) is 0 Å². The molecule has 4 heteroatoms. The zero-order chi connectivity index (χ0) is 12.1. The number of benzene rings is 1. The van der Waals surface area contributed by atoms with E-state index in [9.17, 15) is 4.79 Å². The van der Waals surface area contributed by atoms with Crippen LogP contribution in [0.25, 0.3) is 0 Å². The fourth-order valence-corrected chi connectivity index (χ4v) is 1.50. The summed E-state index contributed by atoms with van der Waals surface area (Å²) >= 11 is 5.89. The first kappa shape index (κ1) is 12.6. The third-order valence-electron chi connectivity index (χ3n) is 2.02. The van der Waals surface area contributed by atoms with Gasteiger partial charge in [0.05, 0.1) is 11.4 Å². The molecule has 0 fully saturated rings. The Hall–Kier alpha value is -1.48. The molecule has 1 N–H and O–H groups in total. The van der Waals surface area contributed by atoms with E-state index in [1.165, 1.54) is 6.08 Å². The summed E-state index contributed by atoms with van der Waals surface area (Å²) in [4.78, 5) is 13.4. The standard InChI is InChI=1S/C12H15ClN2O/c1-4-5-12(16)14-10-8-9(13)6-7-11(10)15(2)3/h4-8H,1-3H3,(H,14,16). The van der Waals surface area contributed by atoms with Crippen LogP contribution in [-0.2, 0) is 4.79 Å². The molecule has 0 aliphatic carbocycles. The van der Waals surface area contributed by atoms with Crippen molar-refractivity contribution in [2.45, 2.75) is 6.92 Å². The molecule has 1 aromatic rings. The van der Waals surface area contributed by atoms with Crippen LogP contribution in [0.1, 0.15) is 6.92 Å². The van der Waals surface area contributed by atoms with E-state index >= 15 is 0 Å². The molecule has 3 nitrogen and oxygen atoms in total. The lowest BCUT2D eigenvalue weighted by atomic mass is 10.2. The zero-order valence-corrected chi connectivity index (χ0v) is 10.4. The van der Waals surface area contributed by atoms with Gasteiger partial charge in [-0.25, -0.2) is 0 Å². The number of anilines is 2. The first-order valence-corrected chi connectivity index (χ1v) is 5.33. The van der Waals surface area contributed by atoms with Gasteiger partial charge in [0.25, 0.3) is 0 Å². The van der Waals surface area contributed by atoms with Gasteiger partial charge >= 0.3 is 0 Å². The van der Waals surface area contributed by atoms with Gasteiger partial charge in [0, 0.05) is 19.1 Å². The van der Waals surface area contributed by atoms with Crippen LogP contribution in [0.5, 0.6) is 0 Å². The minimum Gasteiger partial charge on any atom is -0.376 e. The minimum absolute atomic E-state index is 0.159. The van der Waals surface area contributed by atoms with Gasteiger partial charge in [-0.3, -0.25) is 4.79 Å². The van der Waals surface area contributed by atoms with Crippen LogP contribution >= 0.6 is 11.6 Å². The molecule has 0 bridgehead atoms. The molecule has 0 saturated heterocycles. The molecule has 0 aromatic heterocycles. The van der Waals surface area contributed by atoms with Crippen LogP contribution in [0, 0.1) is 0 Å². The largest absolute Gasteiger partial charge is 0.376 e. The van der Waals surface area contributed by atoms with Crippen LogP contribution < -0.4 is 10.2 Å². The number of carbonyl (C=O) groups is 1. The van der Waals surface area contributed by atoms with Gasteiger partial charge < -0.3 is 10.2 Å². The molecule has 0 unspecified atom stereocenters. The molecular weight excluding hydrogens is 224 g/mol. The molecule has 1 rings (SSSR count). The maximum Gasteiger partial charge on any atom is 0.248 e. The van der Waals surface area contributed by atoms with E-state index in [1.807, 2.05) is 25.1 Å². The second-order valence-electron chi connectivity index (χ2n) is 3.55. The fraction of sp³-hybridized carbons (Fsp3) is 0.250. The highest BCUT2D eigenvalue weighted by atomic mass is 35.5. The molecular formula is C12H15ClN2O. The molecule has 0 spiro atoms. The van der Waals surface area contributed by atoms with Crippen molar-refractivity contribution in [1.29, 1.82) is 0 Å². The van der Waals surface area contributed by atoms with Crippen molar-refractivity contribution in [3.8, 4) is 0 Å². The molecule has 1 amide bonds. The highest BCUT2D eigenvalue weighted by Crippen LogP contribution is 2.27. The lowest BCUT2D eigenvalue weighted by molar-refractivity contribution is -0.111. The van der Waals surface area contributed by atoms with E-state index in [1.54, 1.807) is 25.1 Å². The second-order valence-corrected chi connectivity index (χ2v) is 3.98. The Labute approximate surface area is 101 Å². The van der Waals surface area contributed by atoms with E-state index in [2.05, 4.69) is 5.32 Å². The number of nitrogens with zero attached hydrogens (tertiary/aromatic N) is 1. The lowest BCUT2D eigenvalue weighted by Crippen LogP contribution is -2.15. The summed E-state index contributed by atoms with van der Waals surface area (Å²) in [7, 11) is 3.82. The smallest absolute Gasteiger partial charge is 0.248 e. The first-order valence-electron chi connectivity index (χ1n) is 4.95. The topological polar surface area (TPSA) is 32.3 Å². The average molecular weight is 239 g/mol. The van der Waals surface area contributed by atoms with Crippen molar-refractivity contribution in [3.63, 3.8) is 0 Å². The number of amides is 1. The Morgan fingerprint density at radius 3 is 2.69 bits per heavy atom. The zero-order valence-electron chi connectivity index (χ0n) is 9.62. The molecule has 86 valence electrons. The summed E-state index contributed by atoms with van der Waals surface area (Å²) < 4.78 is 0. The highest BCUT2D eigenvalue weighted by Gasteiger charge is 2.07. The Morgan fingerprint density at radius 2 is 2.12 bits per heavy atom. The van der Waals surface area contributed by atoms with E-state index in [0.29, 0.717) is 10.7 Å². The van der Waals surface area contributed by atoms with Crippen LogP contribution in [0.2, 0.25) is 5.02 Å². The van der Waals surface area contributed by atoms with Gasteiger partial charge in [0.1, 0.15) is 0 Å². The van der Waals surface area contributed by atoms with Gasteiger partial charge in [-0.15, -0.1) is 0 Å². The SMILES string of the molecule is CC=CC(=O)Nc1cc(Cl)ccc1N(C)C. The highest BCUT2D eigenvalue weighted by molar-refractivity contribution is 6.31. The van der Waals surface area contributed by atoms with Crippen LogP contribution in [0.4, 0.5) is 11.4 Å². The number of rotatable bonds is 3. The van der Waals surface area contributed by atoms with Crippen LogP contribution in [-0.4, -0.2) is 20.0 Å². The van der Waals surface area contributed by atoms with Crippen molar-refractivity contribution >= 4 is 28.9 Å². The summed E-state index contributed by atoms with van der Waals surface area (Å²) in [5.41, 5.74) is 1.63. The summed E-state index contributed by atoms with van der Waals surface area (Å²) in [5, 5.41) is 3.38. The minimum atomic E-state index is -0.159. The Bertz CT molecular complexity index is 413. The first-order chi connectivity index (χ1) is 7.54. The quantitative estimate of drug-likeness (QED) is 0.822. The third-order valence-corrected chi connectivity index (χ3v) is 2.25. The number of hydrogen-bond acceptors (Lipinski definition) is 2. The van der Waals surface area contributed by atoms with Crippen molar-refractivity contribution < 1.29 is 4.79 Å². The molecule has 0 aliphatic heterocycles. The average Bonchev–Trinajstić information content (AvgIpc) is 2.17. The predicted molar refractivity (Wildman–Crippen MR) is 69.2 cm³/mol. The number of halogens is 1. The number of carbonyl (C=O) groups excluding carboxylic acids is 1. The second kappa shape index (κ2) is 5.56. The number of allylic oxidation sites excluding steroid dienone is 1. The molecule has 0 aliphatic rings. The van der Waals surface area contributed by atoms with E-state index in [4.69, 9.17) is 11.6 Å². The summed E-state index contributed by atoms with van der Waals surface area (Å²) in [6, 6.07) is 5.40. The fourth-order valence-electron chi connectivity index (χ4n) is 1.32. The van der Waals surface area contributed by atoms with Gasteiger partial charge in [-0.1, -0.05) is 17.7 Å².